The van der Waals surface area contributed by atoms with E-state index in [0.29, 0.717) is 17.1 Å². The zero-order chi connectivity index (χ0) is 20.4. The lowest BCUT2D eigenvalue weighted by Gasteiger charge is -2.17. The van der Waals surface area contributed by atoms with Gasteiger partial charge in [-0.2, -0.15) is 0 Å². The maximum absolute atomic E-state index is 12.7. The maximum atomic E-state index is 12.7. The second kappa shape index (κ2) is 8.10. The predicted molar refractivity (Wildman–Crippen MR) is 117 cm³/mol. The summed E-state index contributed by atoms with van der Waals surface area (Å²) in [5, 5.41) is 3.67. The molecular formula is C24H22ClN3O. The normalized spacial score (nSPS) is 12.1. The molecule has 0 bridgehead atoms. The third kappa shape index (κ3) is 4.03. The molecule has 0 unspecified atom stereocenters. The van der Waals surface area contributed by atoms with Crippen molar-refractivity contribution in [2.24, 2.45) is 0 Å². The third-order valence-electron chi connectivity index (χ3n) is 5.12. The summed E-state index contributed by atoms with van der Waals surface area (Å²) >= 11 is 5.93. The standard InChI is InChI=1S/C24H22ClN3O/c1-16-7-3-4-8-19(16)15-28-22-10-6-5-9-21(22)27-23(28)17(2)26-24(29)18-11-13-20(25)14-12-18/h3-14,17H,15H2,1-2H3,(H,26,29)/t17-/m0/s1. The summed E-state index contributed by atoms with van der Waals surface area (Å²) < 4.78 is 2.18. The first-order valence-corrected chi connectivity index (χ1v) is 9.97. The Kier molecular flexibility index (Phi) is 5.36. The van der Waals surface area contributed by atoms with Gasteiger partial charge in [0.2, 0.25) is 0 Å². The number of rotatable bonds is 5. The van der Waals surface area contributed by atoms with E-state index in [0.717, 1.165) is 16.9 Å². The van der Waals surface area contributed by atoms with E-state index >= 15 is 0 Å². The first-order chi connectivity index (χ1) is 14.0. The van der Waals surface area contributed by atoms with Gasteiger partial charge in [-0.1, -0.05) is 48.0 Å². The molecule has 1 atom stereocenters. The van der Waals surface area contributed by atoms with Crippen molar-refractivity contribution in [1.82, 2.24) is 14.9 Å². The molecule has 5 heteroatoms. The fourth-order valence-corrected chi connectivity index (χ4v) is 3.62. The maximum Gasteiger partial charge on any atom is 0.251 e. The number of imidazole rings is 1. The van der Waals surface area contributed by atoms with Gasteiger partial charge in [-0.25, -0.2) is 4.98 Å². The van der Waals surface area contributed by atoms with Crippen molar-refractivity contribution in [1.29, 1.82) is 0 Å². The van der Waals surface area contributed by atoms with E-state index in [4.69, 9.17) is 16.6 Å². The van der Waals surface area contributed by atoms with Crippen LogP contribution in [0.5, 0.6) is 0 Å². The summed E-state index contributed by atoms with van der Waals surface area (Å²) in [5.74, 6) is 0.681. The average molecular weight is 404 g/mol. The van der Waals surface area contributed by atoms with Gasteiger partial charge >= 0.3 is 0 Å². The number of para-hydroxylation sites is 2. The van der Waals surface area contributed by atoms with Crippen LogP contribution in [0.15, 0.2) is 72.8 Å². The molecule has 4 nitrogen and oxygen atoms in total. The Bertz CT molecular complexity index is 1160. The molecule has 0 aliphatic carbocycles. The van der Waals surface area contributed by atoms with Crippen molar-refractivity contribution in [2.45, 2.75) is 26.4 Å². The van der Waals surface area contributed by atoms with Crippen LogP contribution in [-0.4, -0.2) is 15.5 Å². The van der Waals surface area contributed by atoms with E-state index in [1.54, 1.807) is 24.3 Å². The molecule has 0 spiro atoms. The van der Waals surface area contributed by atoms with Crippen LogP contribution in [0, 0.1) is 6.92 Å². The third-order valence-corrected chi connectivity index (χ3v) is 5.37. The molecule has 0 fully saturated rings. The Morgan fingerprint density at radius 3 is 2.48 bits per heavy atom. The van der Waals surface area contributed by atoms with Crippen LogP contribution in [0.3, 0.4) is 0 Å². The monoisotopic (exact) mass is 403 g/mol. The summed E-state index contributed by atoms with van der Waals surface area (Å²) in [7, 11) is 0. The number of fused-ring (bicyclic) bond motifs is 1. The Hall–Kier alpha value is -3.11. The lowest BCUT2D eigenvalue weighted by atomic mass is 10.1. The molecule has 4 rings (SSSR count). The molecule has 0 radical (unpaired) electrons. The highest BCUT2D eigenvalue weighted by Crippen LogP contribution is 2.23. The van der Waals surface area contributed by atoms with Crippen molar-refractivity contribution in [3.05, 3.63) is 100 Å². The summed E-state index contributed by atoms with van der Waals surface area (Å²) in [4.78, 5) is 17.5. The molecule has 1 heterocycles. The average Bonchev–Trinajstić information content (AvgIpc) is 3.09. The van der Waals surface area contributed by atoms with Crippen molar-refractivity contribution < 1.29 is 4.79 Å². The van der Waals surface area contributed by atoms with Crippen LogP contribution in [-0.2, 0) is 6.54 Å². The number of amides is 1. The number of aromatic nitrogens is 2. The van der Waals surface area contributed by atoms with Crippen molar-refractivity contribution >= 4 is 28.5 Å². The van der Waals surface area contributed by atoms with Crippen molar-refractivity contribution in [2.75, 3.05) is 0 Å². The van der Waals surface area contributed by atoms with E-state index in [-0.39, 0.29) is 11.9 Å². The Labute approximate surface area is 175 Å². The zero-order valence-corrected chi connectivity index (χ0v) is 17.1. The number of aryl methyl sites for hydroxylation is 1. The fraction of sp³-hybridized carbons (Fsp3) is 0.167. The second-order valence-corrected chi connectivity index (χ2v) is 7.61. The van der Waals surface area contributed by atoms with Crippen molar-refractivity contribution in [3.8, 4) is 0 Å². The molecule has 4 aromatic rings. The SMILES string of the molecule is Cc1ccccc1Cn1c([C@H](C)NC(=O)c2ccc(Cl)cc2)nc2ccccc21. The minimum Gasteiger partial charge on any atom is -0.342 e. The largest absolute Gasteiger partial charge is 0.342 e. The zero-order valence-electron chi connectivity index (χ0n) is 16.4. The van der Waals surface area contributed by atoms with E-state index in [9.17, 15) is 4.79 Å². The van der Waals surface area contributed by atoms with Crippen LogP contribution in [0.4, 0.5) is 0 Å². The molecule has 1 amide bonds. The number of carbonyl (C=O) groups is 1. The van der Waals surface area contributed by atoms with Gasteiger partial charge in [-0.3, -0.25) is 4.79 Å². The number of carbonyl (C=O) groups excluding carboxylic acids is 1. The van der Waals surface area contributed by atoms with Gasteiger partial charge in [0.15, 0.2) is 0 Å². The molecule has 0 aliphatic heterocycles. The van der Waals surface area contributed by atoms with Gasteiger partial charge in [-0.15, -0.1) is 0 Å². The van der Waals surface area contributed by atoms with E-state index in [2.05, 4.69) is 35.0 Å². The van der Waals surface area contributed by atoms with Gasteiger partial charge in [-0.05, 0) is 61.4 Å². The summed E-state index contributed by atoms with van der Waals surface area (Å²) in [6.45, 7) is 4.77. The van der Waals surface area contributed by atoms with Gasteiger partial charge < -0.3 is 9.88 Å². The first kappa shape index (κ1) is 19.2. The van der Waals surface area contributed by atoms with Crippen LogP contribution < -0.4 is 5.32 Å². The van der Waals surface area contributed by atoms with Crippen LogP contribution in [0.25, 0.3) is 11.0 Å². The summed E-state index contributed by atoms with van der Waals surface area (Å²) in [6, 6.07) is 23.0. The van der Waals surface area contributed by atoms with Gasteiger partial charge in [0, 0.05) is 17.1 Å². The highest BCUT2D eigenvalue weighted by molar-refractivity contribution is 6.30. The van der Waals surface area contributed by atoms with Crippen LogP contribution in [0.1, 0.15) is 40.3 Å². The highest BCUT2D eigenvalue weighted by Gasteiger charge is 2.19. The number of hydrogen-bond donors (Lipinski definition) is 1. The Morgan fingerprint density at radius 1 is 1.03 bits per heavy atom. The lowest BCUT2D eigenvalue weighted by Crippen LogP contribution is -2.28. The Morgan fingerprint density at radius 2 is 1.72 bits per heavy atom. The molecule has 3 aromatic carbocycles. The molecule has 0 saturated carbocycles. The molecule has 0 saturated heterocycles. The quantitative estimate of drug-likeness (QED) is 0.475. The number of benzene rings is 3. The summed E-state index contributed by atoms with van der Waals surface area (Å²) in [6.07, 6.45) is 0. The molecule has 146 valence electrons. The number of nitrogens with zero attached hydrogens (tertiary/aromatic N) is 2. The second-order valence-electron chi connectivity index (χ2n) is 7.17. The van der Waals surface area contributed by atoms with Crippen LogP contribution >= 0.6 is 11.6 Å². The predicted octanol–water partition coefficient (Wildman–Crippen LogP) is 5.54. The minimum absolute atomic E-state index is 0.149. The van der Waals surface area contributed by atoms with Crippen molar-refractivity contribution in [3.63, 3.8) is 0 Å². The number of hydrogen-bond acceptors (Lipinski definition) is 2. The number of nitrogens with one attached hydrogen (secondary N) is 1. The molecule has 1 aromatic heterocycles. The van der Waals surface area contributed by atoms with Gasteiger partial charge in [0.05, 0.1) is 17.1 Å². The molecule has 1 N–H and O–H groups in total. The molecular weight excluding hydrogens is 382 g/mol. The number of halogens is 1. The molecule has 0 aliphatic rings. The van der Waals surface area contributed by atoms with Gasteiger partial charge in [0.1, 0.15) is 5.82 Å². The van der Waals surface area contributed by atoms with Crippen LogP contribution in [0.2, 0.25) is 5.02 Å². The smallest absolute Gasteiger partial charge is 0.251 e. The minimum atomic E-state index is -0.255. The topological polar surface area (TPSA) is 46.9 Å². The van der Waals surface area contributed by atoms with Gasteiger partial charge in [0.25, 0.3) is 5.91 Å². The van der Waals surface area contributed by atoms with E-state index < -0.39 is 0 Å². The molecule has 29 heavy (non-hydrogen) atoms. The first-order valence-electron chi connectivity index (χ1n) is 9.59. The highest BCUT2D eigenvalue weighted by atomic mass is 35.5. The fourth-order valence-electron chi connectivity index (χ4n) is 3.49. The van der Waals surface area contributed by atoms with E-state index in [1.165, 1.54) is 11.1 Å². The Balaban J connectivity index is 1.68. The lowest BCUT2D eigenvalue weighted by molar-refractivity contribution is 0.0938. The summed E-state index contributed by atoms with van der Waals surface area (Å²) in [5.41, 5.74) is 5.01. The van der Waals surface area contributed by atoms with E-state index in [1.807, 2.05) is 37.3 Å².